The molecule has 0 bridgehead atoms. The SMILES string of the molecule is C=C(/C=C\C1=CC(c2ccccc2)(c2ccccc2)c2ccccc21)\C=C/C(=C\C=C\Nc1ccc(-c2ccc(/C(C)=C/CCCC)cc2)cc1)c1ccc2ccc3ccccc3c2c1. The minimum Gasteiger partial charge on any atom is -0.362 e. The molecule has 8 aromatic rings. The first-order chi connectivity index (χ1) is 32.0. The van der Waals surface area contributed by atoms with Crippen molar-refractivity contribution in [2.24, 2.45) is 0 Å². The van der Waals surface area contributed by atoms with Crippen LogP contribution in [0.4, 0.5) is 5.69 Å². The fraction of sp³-hybridized carbons (Fsp3) is 0.0938. The number of fused-ring (bicyclic) bond motifs is 4. The number of hydrogen-bond acceptors (Lipinski definition) is 1. The van der Waals surface area contributed by atoms with E-state index in [1.165, 1.54) is 84.5 Å². The Morgan fingerprint density at radius 3 is 1.94 bits per heavy atom. The Kier molecular flexibility index (Phi) is 12.9. The molecule has 0 aliphatic heterocycles. The molecule has 0 saturated heterocycles. The molecule has 0 saturated carbocycles. The van der Waals surface area contributed by atoms with Crippen molar-refractivity contribution >= 4 is 44.0 Å². The lowest BCUT2D eigenvalue weighted by Gasteiger charge is -2.30. The molecular formula is C64H55N. The summed E-state index contributed by atoms with van der Waals surface area (Å²) >= 11 is 0. The number of unbranched alkanes of at least 4 members (excludes halogenated alkanes) is 2. The molecule has 65 heavy (non-hydrogen) atoms. The average molecular weight is 838 g/mol. The second-order valence-electron chi connectivity index (χ2n) is 17.0. The van der Waals surface area contributed by atoms with Gasteiger partial charge in [-0.05, 0) is 126 Å². The molecule has 0 unspecified atom stereocenters. The van der Waals surface area contributed by atoms with Crippen LogP contribution in [0.3, 0.4) is 0 Å². The summed E-state index contributed by atoms with van der Waals surface area (Å²) in [7, 11) is 0. The van der Waals surface area contributed by atoms with Gasteiger partial charge >= 0.3 is 0 Å². The highest BCUT2D eigenvalue weighted by Crippen LogP contribution is 2.50. The lowest BCUT2D eigenvalue weighted by molar-refractivity contribution is 0.794. The van der Waals surface area contributed by atoms with Gasteiger partial charge in [0.25, 0.3) is 0 Å². The number of rotatable bonds is 15. The van der Waals surface area contributed by atoms with Crippen LogP contribution in [0, 0.1) is 0 Å². The van der Waals surface area contributed by atoms with E-state index in [0.717, 1.165) is 28.8 Å². The lowest BCUT2D eigenvalue weighted by Crippen LogP contribution is -2.25. The van der Waals surface area contributed by atoms with Crippen molar-refractivity contribution in [3.8, 4) is 11.1 Å². The molecule has 9 rings (SSSR count). The Hall–Kier alpha value is -7.74. The van der Waals surface area contributed by atoms with Crippen LogP contribution < -0.4 is 5.32 Å². The Morgan fingerprint density at radius 1 is 0.600 bits per heavy atom. The topological polar surface area (TPSA) is 12.0 Å². The van der Waals surface area contributed by atoms with Crippen LogP contribution in [0.25, 0.3) is 49.4 Å². The predicted molar refractivity (Wildman–Crippen MR) is 282 cm³/mol. The molecule has 0 amide bonds. The third kappa shape index (κ3) is 9.33. The predicted octanol–water partition coefficient (Wildman–Crippen LogP) is 17.4. The van der Waals surface area contributed by atoms with Gasteiger partial charge in [-0.3, -0.25) is 0 Å². The van der Waals surface area contributed by atoms with Gasteiger partial charge in [-0.15, -0.1) is 0 Å². The van der Waals surface area contributed by atoms with E-state index in [9.17, 15) is 0 Å². The molecule has 1 heteroatoms. The second-order valence-corrected chi connectivity index (χ2v) is 17.0. The van der Waals surface area contributed by atoms with Crippen LogP contribution in [0.15, 0.2) is 255 Å². The van der Waals surface area contributed by atoms with Crippen LogP contribution in [0.1, 0.15) is 66.5 Å². The van der Waals surface area contributed by atoms with Gasteiger partial charge in [0.1, 0.15) is 0 Å². The molecule has 0 atom stereocenters. The molecule has 0 heterocycles. The summed E-state index contributed by atoms with van der Waals surface area (Å²) in [5.74, 6) is 0. The summed E-state index contributed by atoms with van der Waals surface area (Å²) in [5.41, 5.74) is 15.0. The third-order valence-electron chi connectivity index (χ3n) is 12.7. The Morgan fingerprint density at radius 2 is 1.22 bits per heavy atom. The van der Waals surface area contributed by atoms with Crippen molar-refractivity contribution in [1.82, 2.24) is 0 Å². The smallest absolute Gasteiger partial charge is 0.0647 e. The summed E-state index contributed by atoms with van der Waals surface area (Å²) in [5, 5.41) is 8.44. The molecule has 1 aliphatic rings. The van der Waals surface area contributed by atoms with E-state index in [1.54, 1.807) is 0 Å². The summed E-state index contributed by atoms with van der Waals surface area (Å²) in [6.45, 7) is 8.96. The molecular weight excluding hydrogens is 783 g/mol. The van der Waals surface area contributed by atoms with Gasteiger partial charge in [-0.2, -0.15) is 0 Å². The Balaban J connectivity index is 0.978. The van der Waals surface area contributed by atoms with Crippen LogP contribution in [-0.2, 0) is 5.41 Å². The first-order valence-corrected chi connectivity index (χ1v) is 22.9. The fourth-order valence-corrected chi connectivity index (χ4v) is 9.15. The minimum atomic E-state index is -0.398. The maximum absolute atomic E-state index is 4.51. The zero-order valence-electron chi connectivity index (χ0n) is 37.4. The molecule has 1 N–H and O–H groups in total. The number of nitrogens with one attached hydrogen (secondary N) is 1. The molecule has 0 radical (unpaired) electrons. The monoisotopic (exact) mass is 837 g/mol. The van der Waals surface area contributed by atoms with Gasteiger partial charge < -0.3 is 5.32 Å². The van der Waals surface area contributed by atoms with Crippen molar-refractivity contribution in [2.75, 3.05) is 5.32 Å². The lowest BCUT2D eigenvalue weighted by atomic mass is 9.71. The van der Waals surface area contributed by atoms with E-state index in [4.69, 9.17) is 0 Å². The van der Waals surface area contributed by atoms with E-state index in [2.05, 4.69) is 262 Å². The summed E-state index contributed by atoms with van der Waals surface area (Å²) in [6, 6.07) is 67.9. The van der Waals surface area contributed by atoms with Crippen LogP contribution in [-0.4, -0.2) is 0 Å². The van der Waals surface area contributed by atoms with E-state index in [1.807, 2.05) is 6.20 Å². The molecule has 0 aromatic heterocycles. The number of allylic oxidation sites excluding steroid dienone is 12. The van der Waals surface area contributed by atoms with Crippen LogP contribution in [0.5, 0.6) is 0 Å². The maximum atomic E-state index is 4.51. The normalized spacial score (nSPS) is 13.8. The quantitative estimate of drug-likeness (QED) is 0.0616. The maximum Gasteiger partial charge on any atom is 0.0647 e. The number of benzene rings is 8. The van der Waals surface area contributed by atoms with E-state index < -0.39 is 5.41 Å². The summed E-state index contributed by atoms with van der Waals surface area (Å²) in [4.78, 5) is 0. The molecule has 1 nitrogen and oxygen atoms in total. The zero-order valence-corrected chi connectivity index (χ0v) is 37.4. The highest BCUT2D eigenvalue weighted by Gasteiger charge is 2.40. The Bertz CT molecular complexity index is 3100. The zero-order chi connectivity index (χ0) is 44.4. The average Bonchev–Trinajstić information content (AvgIpc) is 3.71. The van der Waals surface area contributed by atoms with Gasteiger partial charge in [0.15, 0.2) is 0 Å². The van der Waals surface area contributed by atoms with Crippen molar-refractivity contribution in [3.63, 3.8) is 0 Å². The largest absolute Gasteiger partial charge is 0.362 e. The molecule has 1 aliphatic carbocycles. The van der Waals surface area contributed by atoms with Crippen molar-refractivity contribution in [3.05, 3.63) is 288 Å². The number of hydrogen-bond donors (Lipinski definition) is 1. The first kappa shape index (κ1) is 42.6. The van der Waals surface area contributed by atoms with Crippen molar-refractivity contribution < 1.29 is 0 Å². The van der Waals surface area contributed by atoms with E-state index in [0.29, 0.717) is 0 Å². The van der Waals surface area contributed by atoms with Gasteiger partial charge in [0, 0.05) is 11.9 Å². The molecule has 316 valence electrons. The second kappa shape index (κ2) is 19.8. The van der Waals surface area contributed by atoms with E-state index >= 15 is 0 Å². The van der Waals surface area contributed by atoms with Gasteiger partial charge in [0.2, 0.25) is 0 Å². The standard InChI is InChI=1S/C64H55N/c1-4-5-8-18-48(3)49-32-34-51(35-33-49)52-40-42-59(43-41-52)65-44-17-20-50(55-39-38-54-37-36-53-19-13-14-25-60(53)62(54)45-55)30-28-47(2)29-31-56-46-64(57-21-9-6-10-22-57,58-23-11-7-12-24-58)63-27-16-15-26-61(56)63/h6-7,9-46,65H,2,4-5,8H2,1,3H3/b30-28-,31-29-,44-17+,48-18+,50-20+. The van der Waals surface area contributed by atoms with Gasteiger partial charge in [0.05, 0.1) is 5.41 Å². The van der Waals surface area contributed by atoms with Crippen LogP contribution >= 0.6 is 0 Å². The molecule has 0 spiro atoms. The Labute approximate surface area is 385 Å². The minimum absolute atomic E-state index is 0.398. The van der Waals surface area contributed by atoms with E-state index in [-0.39, 0.29) is 0 Å². The first-order valence-electron chi connectivity index (χ1n) is 22.9. The fourth-order valence-electron chi connectivity index (χ4n) is 9.15. The summed E-state index contributed by atoms with van der Waals surface area (Å²) in [6.07, 6.45) is 23.3. The van der Waals surface area contributed by atoms with Crippen molar-refractivity contribution in [1.29, 1.82) is 0 Å². The highest BCUT2D eigenvalue weighted by molar-refractivity contribution is 6.08. The summed E-state index contributed by atoms with van der Waals surface area (Å²) < 4.78 is 0. The van der Waals surface area contributed by atoms with Gasteiger partial charge in [-0.25, -0.2) is 0 Å². The number of anilines is 1. The van der Waals surface area contributed by atoms with Crippen LogP contribution in [0.2, 0.25) is 0 Å². The highest BCUT2D eigenvalue weighted by atomic mass is 14.8. The molecule has 8 aromatic carbocycles. The van der Waals surface area contributed by atoms with Crippen molar-refractivity contribution in [2.45, 2.75) is 38.5 Å². The third-order valence-corrected chi connectivity index (χ3v) is 12.7. The van der Waals surface area contributed by atoms with Gasteiger partial charge in [-0.1, -0.05) is 239 Å². The molecule has 0 fully saturated rings.